The Hall–Kier alpha value is -1.16. The summed E-state index contributed by atoms with van der Waals surface area (Å²) >= 11 is 3.41. The maximum absolute atomic E-state index is 10.9. The van der Waals surface area contributed by atoms with E-state index in [9.17, 15) is 4.79 Å². The lowest BCUT2D eigenvalue weighted by Gasteiger charge is -2.06. The highest BCUT2D eigenvalue weighted by Gasteiger charge is 2.12. The lowest BCUT2D eigenvalue weighted by molar-refractivity contribution is 0.112. The predicted octanol–water partition coefficient (Wildman–Crippen LogP) is 3.27. The van der Waals surface area contributed by atoms with Crippen molar-refractivity contribution in [1.82, 2.24) is 9.78 Å². The van der Waals surface area contributed by atoms with Gasteiger partial charge in [0.25, 0.3) is 0 Å². The molecule has 0 spiro atoms. The molecule has 0 bridgehead atoms. The smallest absolute Gasteiger partial charge is 0.150 e. The van der Waals surface area contributed by atoms with E-state index in [-0.39, 0.29) is 0 Å². The van der Waals surface area contributed by atoms with E-state index < -0.39 is 0 Å². The van der Waals surface area contributed by atoms with Crippen LogP contribution in [-0.4, -0.2) is 16.1 Å². The zero-order valence-corrected chi connectivity index (χ0v) is 10.9. The molecule has 16 heavy (non-hydrogen) atoms. The first-order valence-corrected chi connectivity index (χ1v) is 6.03. The summed E-state index contributed by atoms with van der Waals surface area (Å²) in [6.45, 7) is 5.14. The first-order chi connectivity index (χ1) is 7.63. The molecule has 0 aliphatic rings. The van der Waals surface area contributed by atoms with Gasteiger partial charge >= 0.3 is 0 Å². The Kier molecular flexibility index (Phi) is 3.10. The summed E-state index contributed by atoms with van der Waals surface area (Å²) in [7, 11) is 0. The van der Waals surface area contributed by atoms with Gasteiger partial charge in [0, 0.05) is 17.5 Å². The molecule has 0 fully saturated rings. The van der Waals surface area contributed by atoms with Crippen molar-refractivity contribution >= 4 is 33.1 Å². The number of carbonyl (C=O) groups is 1. The van der Waals surface area contributed by atoms with Crippen molar-refractivity contribution < 1.29 is 4.79 Å². The van der Waals surface area contributed by atoms with Gasteiger partial charge in [-0.3, -0.25) is 9.48 Å². The number of fused-ring (bicyclic) bond motifs is 1. The average molecular weight is 281 g/mol. The van der Waals surface area contributed by atoms with Crippen molar-refractivity contribution in [2.24, 2.45) is 5.92 Å². The number of hydrogen-bond acceptors (Lipinski definition) is 2. The van der Waals surface area contributed by atoms with Crippen molar-refractivity contribution in [3.8, 4) is 0 Å². The molecule has 0 radical (unpaired) electrons. The van der Waals surface area contributed by atoms with Gasteiger partial charge in [-0.2, -0.15) is 5.10 Å². The van der Waals surface area contributed by atoms with Gasteiger partial charge in [0.05, 0.1) is 5.52 Å². The highest BCUT2D eigenvalue weighted by Crippen LogP contribution is 2.26. The Labute approximate surface area is 103 Å². The van der Waals surface area contributed by atoms with Crippen LogP contribution in [0.1, 0.15) is 24.2 Å². The molecule has 1 heterocycles. The molecule has 2 rings (SSSR count). The van der Waals surface area contributed by atoms with Gasteiger partial charge in [-0.1, -0.05) is 26.0 Å². The number of nitrogens with zero attached hydrogens (tertiary/aromatic N) is 2. The van der Waals surface area contributed by atoms with E-state index in [2.05, 4.69) is 34.9 Å². The largest absolute Gasteiger partial charge is 0.298 e. The molecule has 1 aromatic heterocycles. The molecule has 0 N–H and O–H groups in total. The van der Waals surface area contributed by atoms with Gasteiger partial charge in [-0.05, 0) is 27.9 Å². The van der Waals surface area contributed by atoms with Crippen LogP contribution in [0.25, 0.3) is 10.9 Å². The Bertz CT molecular complexity index is 531. The lowest BCUT2D eigenvalue weighted by Crippen LogP contribution is -2.05. The fourth-order valence-electron chi connectivity index (χ4n) is 1.79. The second-order valence-corrected chi connectivity index (χ2v) is 4.98. The number of aromatic nitrogens is 2. The second-order valence-electron chi connectivity index (χ2n) is 4.23. The molecule has 3 nitrogen and oxygen atoms in total. The quantitative estimate of drug-likeness (QED) is 0.809. The molecule has 84 valence electrons. The van der Waals surface area contributed by atoms with Crippen LogP contribution in [0.15, 0.2) is 22.8 Å². The molecule has 0 amide bonds. The fraction of sp³-hybridized carbons (Fsp3) is 0.333. The van der Waals surface area contributed by atoms with Crippen LogP contribution in [0, 0.1) is 5.92 Å². The predicted molar refractivity (Wildman–Crippen MR) is 67.7 cm³/mol. The van der Waals surface area contributed by atoms with Crippen molar-refractivity contribution in [1.29, 1.82) is 0 Å². The van der Waals surface area contributed by atoms with Crippen LogP contribution in [0.3, 0.4) is 0 Å². The minimum Gasteiger partial charge on any atom is -0.298 e. The fourth-order valence-corrected chi connectivity index (χ4v) is 2.41. The highest BCUT2D eigenvalue weighted by atomic mass is 79.9. The maximum atomic E-state index is 10.9. The maximum Gasteiger partial charge on any atom is 0.150 e. The van der Waals surface area contributed by atoms with E-state index in [1.165, 1.54) is 0 Å². The van der Waals surface area contributed by atoms with Crippen LogP contribution in [0.2, 0.25) is 0 Å². The zero-order valence-electron chi connectivity index (χ0n) is 9.27. The topological polar surface area (TPSA) is 34.9 Å². The third-order valence-electron chi connectivity index (χ3n) is 2.43. The van der Waals surface area contributed by atoms with Crippen molar-refractivity contribution in [2.75, 3.05) is 0 Å². The molecule has 0 saturated heterocycles. The Balaban J connectivity index is 2.66. The van der Waals surface area contributed by atoms with Crippen molar-refractivity contribution in [2.45, 2.75) is 20.4 Å². The summed E-state index contributed by atoms with van der Waals surface area (Å²) in [5, 5.41) is 5.31. The number of halogens is 1. The van der Waals surface area contributed by atoms with Crippen LogP contribution in [0.4, 0.5) is 0 Å². The number of aldehydes is 1. The molecule has 0 aliphatic heterocycles. The van der Waals surface area contributed by atoms with Gasteiger partial charge in [0.15, 0.2) is 6.29 Å². The summed E-state index contributed by atoms with van der Waals surface area (Å²) in [5.74, 6) is 0.523. The molecule has 2 aromatic rings. The van der Waals surface area contributed by atoms with Gasteiger partial charge in [-0.25, -0.2) is 0 Å². The number of rotatable bonds is 3. The van der Waals surface area contributed by atoms with Crippen molar-refractivity contribution in [3.05, 3.63) is 28.4 Å². The summed E-state index contributed by atoms with van der Waals surface area (Å²) in [6.07, 6.45) is 0.870. The number of hydrogen-bond donors (Lipinski definition) is 0. The third-order valence-corrected chi connectivity index (χ3v) is 2.99. The summed E-state index contributed by atoms with van der Waals surface area (Å²) in [6, 6.07) is 5.68. The van der Waals surface area contributed by atoms with Crippen LogP contribution < -0.4 is 0 Å². The third kappa shape index (κ3) is 1.89. The molecule has 0 unspecified atom stereocenters. The Morgan fingerprint density at radius 3 is 2.88 bits per heavy atom. The van der Waals surface area contributed by atoms with Crippen molar-refractivity contribution in [3.63, 3.8) is 0 Å². The van der Waals surface area contributed by atoms with E-state index in [0.29, 0.717) is 11.5 Å². The standard InChI is InChI=1S/C12H13BrN2O/c1-8(2)6-15-10-5-3-4-9(7-16)11(10)12(13)14-15/h3-5,7-8H,6H2,1-2H3. The van der Waals surface area contributed by atoms with Crippen LogP contribution >= 0.6 is 15.9 Å². The molecule has 1 aromatic carbocycles. The van der Waals surface area contributed by atoms with E-state index in [0.717, 1.165) is 28.3 Å². The molecule has 0 aliphatic carbocycles. The Morgan fingerprint density at radius 2 is 2.25 bits per heavy atom. The van der Waals surface area contributed by atoms with Gasteiger partial charge < -0.3 is 0 Å². The average Bonchev–Trinajstić information content (AvgIpc) is 2.55. The van der Waals surface area contributed by atoms with Crippen LogP contribution in [-0.2, 0) is 6.54 Å². The SMILES string of the molecule is CC(C)Cn1nc(Br)c2c(C=O)cccc21. The minimum absolute atomic E-state index is 0.523. The first kappa shape index (κ1) is 11.3. The second kappa shape index (κ2) is 4.37. The summed E-state index contributed by atoms with van der Waals surface area (Å²) in [4.78, 5) is 10.9. The van der Waals surface area contributed by atoms with E-state index in [1.807, 2.05) is 22.9 Å². The summed E-state index contributed by atoms with van der Waals surface area (Å²) in [5.41, 5.74) is 1.68. The molecule has 4 heteroatoms. The normalized spacial score (nSPS) is 11.2. The number of carbonyl (C=O) groups excluding carboxylic acids is 1. The molecule has 0 saturated carbocycles. The zero-order chi connectivity index (χ0) is 11.7. The highest BCUT2D eigenvalue weighted by molar-refractivity contribution is 9.10. The molecular weight excluding hydrogens is 268 g/mol. The van der Waals surface area contributed by atoms with E-state index >= 15 is 0 Å². The van der Waals surface area contributed by atoms with E-state index in [1.54, 1.807) is 0 Å². The molecule has 0 atom stereocenters. The molecular formula is C12H13BrN2O. The van der Waals surface area contributed by atoms with Gasteiger partial charge in [-0.15, -0.1) is 0 Å². The number of benzene rings is 1. The monoisotopic (exact) mass is 280 g/mol. The van der Waals surface area contributed by atoms with Gasteiger partial charge in [0.1, 0.15) is 4.60 Å². The lowest BCUT2D eigenvalue weighted by atomic mass is 10.1. The van der Waals surface area contributed by atoms with Gasteiger partial charge in [0.2, 0.25) is 0 Å². The summed E-state index contributed by atoms with van der Waals surface area (Å²) < 4.78 is 2.68. The van der Waals surface area contributed by atoms with Crippen LogP contribution in [0.5, 0.6) is 0 Å². The van der Waals surface area contributed by atoms with E-state index in [4.69, 9.17) is 0 Å². The minimum atomic E-state index is 0.523. The first-order valence-electron chi connectivity index (χ1n) is 5.23. The Morgan fingerprint density at radius 1 is 1.50 bits per heavy atom.